The van der Waals surface area contributed by atoms with Gasteiger partial charge in [0.25, 0.3) is 5.91 Å². The molecule has 3 fully saturated rings. The second-order valence-corrected chi connectivity index (χ2v) is 10.2. The molecule has 2 aromatic carbocycles. The number of imide groups is 1. The maximum absolute atomic E-state index is 12.9. The number of carbonyl (C=O) groups is 3. The molecule has 0 radical (unpaired) electrons. The van der Waals surface area contributed by atoms with Crippen molar-refractivity contribution in [2.75, 3.05) is 13.1 Å². The standard InChI is InChI=1S/C28H31N3O5/c32-26-12-11-24(27(33)29-26)31-14-19-13-20(9-10-22(19)28(31)34)36-25-8-4-7-23(25)30-15-21(16-30)35-17-18-5-2-1-3-6-18/h1-3,5-6,9-10,13,21,23-25H,4,7-8,11-12,14-17H2,(H,29,32,33)/t23-,24?,25-/m1/s1. The van der Waals surface area contributed by atoms with Crippen LogP contribution in [0.1, 0.15) is 53.6 Å². The summed E-state index contributed by atoms with van der Waals surface area (Å²) in [5, 5.41) is 2.35. The highest BCUT2D eigenvalue weighted by Crippen LogP contribution is 2.34. The van der Waals surface area contributed by atoms with Crippen LogP contribution in [-0.2, 0) is 27.5 Å². The summed E-state index contributed by atoms with van der Waals surface area (Å²) < 4.78 is 12.5. The Morgan fingerprint density at radius 1 is 0.972 bits per heavy atom. The lowest BCUT2D eigenvalue weighted by Gasteiger charge is -2.44. The minimum absolute atomic E-state index is 0.112. The molecule has 2 aromatic rings. The van der Waals surface area contributed by atoms with Gasteiger partial charge in [0, 0.05) is 37.7 Å². The van der Waals surface area contributed by atoms with Crippen molar-refractivity contribution in [1.82, 2.24) is 15.1 Å². The maximum atomic E-state index is 12.9. The fourth-order valence-electron chi connectivity index (χ4n) is 5.89. The summed E-state index contributed by atoms with van der Waals surface area (Å²) in [6.07, 6.45) is 4.25. The van der Waals surface area contributed by atoms with E-state index in [1.54, 1.807) is 11.0 Å². The number of likely N-dealkylation sites (tertiary alicyclic amines) is 1. The highest BCUT2D eigenvalue weighted by atomic mass is 16.5. The van der Waals surface area contributed by atoms with Crippen molar-refractivity contribution >= 4 is 17.7 Å². The van der Waals surface area contributed by atoms with Gasteiger partial charge in [-0.15, -0.1) is 0 Å². The molecule has 3 heterocycles. The Hall–Kier alpha value is -3.23. The van der Waals surface area contributed by atoms with Gasteiger partial charge in [0.1, 0.15) is 17.9 Å². The predicted octanol–water partition coefficient (Wildman–Crippen LogP) is 2.65. The number of rotatable bonds is 7. The highest BCUT2D eigenvalue weighted by Gasteiger charge is 2.42. The van der Waals surface area contributed by atoms with Gasteiger partial charge in [-0.05, 0) is 55.0 Å². The van der Waals surface area contributed by atoms with E-state index in [9.17, 15) is 14.4 Å². The predicted molar refractivity (Wildman–Crippen MR) is 131 cm³/mol. The number of piperidine rings is 1. The van der Waals surface area contributed by atoms with E-state index in [1.165, 1.54) is 5.56 Å². The summed E-state index contributed by atoms with van der Waals surface area (Å²) in [6.45, 7) is 2.86. The smallest absolute Gasteiger partial charge is 0.255 e. The fourth-order valence-corrected chi connectivity index (χ4v) is 5.89. The van der Waals surface area contributed by atoms with Gasteiger partial charge in [0.05, 0.1) is 12.7 Å². The van der Waals surface area contributed by atoms with E-state index >= 15 is 0 Å². The van der Waals surface area contributed by atoms with Crippen molar-refractivity contribution in [2.24, 2.45) is 0 Å². The van der Waals surface area contributed by atoms with E-state index in [1.807, 2.05) is 30.3 Å². The van der Waals surface area contributed by atoms with Gasteiger partial charge in [-0.1, -0.05) is 30.3 Å². The first-order valence-electron chi connectivity index (χ1n) is 12.9. The van der Waals surface area contributed by atoms with Crippen LogP contribution in [0.15, 0.2) is 48.5 Å². The Morgan fingerprint density at radius 2 is 1.81 bits per heavy atom. The lowest BCUT2D eigenvalue weighted by molar-refractivity contribution is -0.136. The number of carbonyl (C=O) groups excluding carboxylic acids is 3. The minimum atomic E-state index is -0.602. The van der Waals surface area contributed by atoms with Crippen molar-refractivity contribution in [2.45, 2.75) is 69.5 Å². The lowest BCUT2D eigenvalue weighted by Crippen LogP contribution is -2.58. The van der Waals surface area contributed by atoms with E-state index < -0.39 is 11.9 Å². The zero-order valence-electron chi connectivity index (χ0n) is 20.2. The molecule has 3 aliphatic heterocycles. The first kappa shape index (κ1) is 23.2. The van der Waals surface area contributed by atoms with E-state index in [0.717, 1.165) is 43.7 Å². The Kier molecular flexibility index (Phi) is 6.23. The van der Waals surface area contributed by atoms with Gasteiger partial charge >= 0.3 is 0 Å². The second kappa shape index (κ2) is 9.67. The summed E-state index contributed by atoms with van der Waals surface area (Å²) in [7, 11) is 0. The molecule has 3 atom stereocenters. The molecule has 4 aliphatic rings. The van der Waals surface area contributed by atoms with Gasteiger partial charge in [0.2, 0.25) is 11.8 Å². The molecule has 36 heavy (non-hydrogen) atoms. The zero-order valence-corrected chi connectivity index (χ0v) is 20.2. The molecule has 0 aromatic heterocycles. The molecular weight excluding hydrogens is 458 g/mol. The van der Waals surface area contributed by atoms with Gasteiger partial charge in [-0.2, -0.15) is 0 Å². The quantitative estimate of drug-likeness (QED) is 0.602. The van der Waals surface area contributed by atoms with Crippen LogP contribution in [0, 0.1) is 0 Å². The molecule has 0 bridgehead atoms. The third-order valence-corrected chi connectivity index (χ3v) is 7.87. The van der Waals surface area contributed by atoms with Gasteiger partial charge in [0.15, 0.2) is 0 Å². The molecule has 1 N–H and O–H groups in total. The molecule has 1 unspecified atom stereocenters. The van der Waals surface area contributed by atoms with Crippen molar-refractivity contribution < 1.29 is 23.9 Å². The molecule has 2 saturated heterocycles. The van der Waals surface area contributed by atoms with E-state index in [2.05, 4.69) is 22.3 Å². The minimum Gasteiger partial charge on any atom is -0.489 e. The molecule has 8 heteroatoms. The largest absolute Gasteiger partial charge is 0.489 e. The average Bonchev–Trinajstić information content (AvgIpc) is 3.43. The zero-order chi connectivity index (χ0) is 24.6. The lowest BCUT2D eigenvalue weighted by atomic mass is 10.0. The number of fused-ring (bicyclic) bond motifs is 1. The monoisotopic (exact) mass is 489 g/mol. The van der Waals surface area contributed by atoms with E-state index in [-0.39, 0.29) is 30.4 Å². The number of ether oxygens (including phenoxy) is 2. The van der Waals surface area contributed by atoms with Crippen LogP contribution in [0.5, 0.6) is 5.75 Å². The summed E-state index contributed by atoms with van der Waals surface area (Å²) in [6, 6.07) is 15.6. The number of hydrogen-bond donors (Lipinski definition) is 1. The molecule has 6 rings (SSSR count). The highest BCUT2D eigenvalue weighted by molar-refractivity contribution is 6.05. The third kappa shape index (κ3) is 4.51. The van der Waals surface area contributed by atoms with Gasteiger partial charge in [-0.25, -0.2) is 0 Å². The molecule has 3 amide bonds. The molecule has 1 aliphatic carbocycles. The van der Waals surface area contributed by atoms with E-state index in [4.69, 9.17) is 9.47 Å². The summed E-state index contributed by atoms with van der Waals surface area (Å²) in [4.78, 5) is 40.8. The Labute approximate surface area is 210 Å². The van der Waals surface area contributed by atoms with Gasteiger partial charge in [-0.3, -0.25) is 24.6 Å². The number of hydrogen-bond acceptors (Lipinski definition) is 6. The molecule has 0 spiro atoms. The van der Waals surface area contributed by atoms with Crippen molar-refractivity contribution in [3.63, 3.8) is 0 Å². The summed E-state index contributed by atoms with van der Waals surface area (Å²) in [5.41, 5.74) is 2.68. The van der Waals surface area contributed by atoms with Crippen LogP contribution in [-0.4, -0.2) is 64.9 Å². The first-order valence-corrected chi connectivity index (χ1v) is 12.9. The fraction of sp³-hybridized carbons (Fsp3) is 0.464. The number of nitrogens with zero attached hydrogens (tertiary/aromatic N) is 2. The van der Waals surface area contributed by atoms with Crippen LogP contribution in [0.2, 0.25) is 0 Å². The van der Waals surface area contributed by atoms with Crippen LogP contribution < -0.4 is 10.1 Å². The summed E-state index contributed by atoms with van der Waals surface area (Å²) in [5.74, 6) is -0.0651. The number of benzene rings is 2. The topological polar surface area (TPSA) is 88.2 Å². The van der Waals surface area contributed by atoms with Crippen molar-refractivity contribution in [1.29, 1.82) is 0 Å². The van der Waals surface area contributed by atoms with Crippen LogP contribution in [0.4, 0.5) is 0 Å². The van der Waals surface area contributed by atoms with E-state index in [0.29, 0.717) is 31.2 Å². The van der Waals surface area contributed by atoms with Crippen LogP contribution >= 0.6 is 0 Å². The molecule has 188 valence electrons. The van der Waals surface area contributed by atoms with Crippen LogP contribution in [0.25, 0.3) is 0 Å². The summed E-state index contributed by atoms with van der Waals surface area (Å²) >= 11 is 0. The normalized spacial score (nSPS) is 26.6. The Morgan fingerprint density at radius 3 is 2.61 bits per heavy atom. The van der Waals surface area contributed by atoms with Gasteiger partial charge < -0.3 is 14.4 Å². The number of amides is 3. The van der Waals surface area contributed by atoms with Crippen molar-refractivity contribution in [3.05, 3.63) is 65.2 Å². The second-order valence-electron chi connectivity index (χ2n) is 10.2. The molecule has 8 nitrogen and oxygen atoms in total. The van der Waals surface area contributed by atoms with Crippen molar-refractivity contribution in [3.8, 4) is 5.75 Å². The SMILES string of the molecule is O=C1CCC(N2Cc3cc(O[C@@H]4CCC[C@H]4N4CC(OCc5ccccc5)C4)ccc3C2=O)C(=O)N1. The average molecular weight is 490 g/mol. The number of nitrogens with one attached hydrogen (secondary N) is 1. The molecule has 1 saturated carbocycles. The third-order valence-electron chi connectivity index (χ3n) is 7.87. The maximum Gasteiger partial charge on any atom is 0.255 e. The molecular formula is C28H31N3O5. The Balaban J connectivity index is 1.05. The Bertz CT molecular complexity index is 1160. The first-order chi connectivity index (χ1) is 17.5. The van der Waals surface area contributed by atoms with Crippen LogP contribution in [0.3, 0.4) is 0 Å².